The van der Waals surface area contributed by atoms with Crippen LogP contribution in [0.25, 0.3) is 11.0 Å². The fourth-order valence-electron chi connectivity index (χ4n) is 2.84. The summed E-state index contributed by atoms with van der Waals surface area (Å²) in [6.45, 7) is 1.49. The maximum atomic E-state index is 12.8. The lowest BCUT2D eigenvalue weighted by Gasteiger charge is -2.11. The van der Waals surface area contributed by atoms with E-state index < -0.39 is 9.84 Å². The molecule has 0 spiro atoms. The van der Waals surface area contributed by atoms with Crippen LogP contribution in [0.2, 0.25) is 5.02 Å². The first-order chi connectivity index (χ1) is 11.1. The molecule has 0 amide bonds. The van der Waals surface area contributed by atoms with Crippen LogP contribution in [-0.4, -0.2) is 19.9 Å². The van der Waals surface area contributed by atoms with Gasteiger partial charge in [0.05, 0.1) is 14.8 Å². The van der Waals surface area contributed by atoms with Crippen molar-refractivity contribution in [3.8, 4) is 0 Å². The molecule has 0 radical (unpaired) electrons. The highest BCUT2D eigenvalue weighted by Gasteiger charge is 2.24. The summed E-state index contributed by atoms with van der Waals surface area (Å²) >= 11 is 6.28. The second kappa shape index (κ2) is 5.33. The molecule has 1 aromatic carbocycles. The Morgan fingerprint density at radius 3 is 2.91 bits per heavy atom. The lowest BCUT2D eigenvalue weighted by atomic mass is 10.1. The van der Waals surface area contributed by atoms with Crippen molar-refractivity contribution in [1.82, 2.24) is 10.3 Å². The lowest BCUT2D eigenvalue weighted by molar-refractivity contribution is 0.500. The molecule has 0 saturated carbocycles. The zero-order valence-electron chi connectivity index (χ0n) is 12.0. The van der Waals surface area contributed by atoms with Gasteiger partial charge in [0.25, 0.3) is 0 Å². The number of fused-ring (bicyclic) bond motifs is 3. The van der Waals surface area contributed by atoms with Gasteiger partial charge in [-0.15, -0.1) is 0 Å². The molecule has 1 aliphatic heterocycles. The minimum Gasteiger partial charge on any atom is -0.459 e. The van der Waals surface area contributed by atoms with Crippen molar-refractivity contribution in [3.05, 3.63) is 53.0 Å². The highest BCUT2D eigenvalue weighted by atomic mass is 35.5. The third-order valence-corrected chi connectivity index (χ3v) is 5.99. The molecule has 0 atom stereocenters. The number of halogens is 1. The average molecular weight is 349 g/mol. The highest BCUT2D eigenvalue weighted by molar-refractivity contribution is 7.91. The Kier molecular flexibility index (Phi) is 3.41. The van der Waals surface area contributed by atoms with Gasteiger partial charge in [0, 0.05) is 42.9 Å². The van der Waals surface area contributed by atoms with Gasteiger partial charge in [-0.05, 0) is 24.3 Å². The zero-order chi connectivity index (χ0) is 16.0. The number of furan rings is 1. The van der Waals surface area contributed by atoms with Gasteiger partial charge in [-0.3, -0.25) is 4.98 Å². The largest absolute Gasteiger partial charge is 0.459 e. The van der Waals surface area contributed by atoms with E-state index in [0.29, 0.717) is 17.2 Å². The summed E-state index contributed by atoms with van der Waals surface area (Å²) in [5.74, 6) is 0.872. The maximum absolute atomic E-state index is 12.8. The molecule has 23 heavy (non-hydrogen) atoms. The van der Waals surface area contributed by atoms with Crippen molar-refractivity contribution < 1.29 is 12.8 Å². The molecule has 3 heterocycles. The number of benzene rings is 1. The number of hydrogen-bond donors (Lipinski definition) is 1. The third-order valence-electron chi connectivity index (χ3n) is 3.99. The van der Waals surface area contributed by atoms with E-state index in [-0.39, 0.29) is 9.79 Å². The molecule has 3 aromatic rings. The van der Waals surface area contributed by atoms with Gasteiger partial charge < -0.3 is 9.73 Å². The number of aromatic nitrogens is 1. The molecule has 7 heteroatoms. The first-order valence-corrected chi connectivity index (χ1v) is 9.03. The lowest BCUT2D eigenvalue weighted by Crippen LogP contribution is -2.22. The van der Waals surface area contributed by atoms with Crippen LogP contribution < -0.4 is 5.32 Å². The van der Waals surface area contributed by atoms with Crippen LogP contribution >= 0.6 is 11.6 Å². The molecule has 1 N–H and O–H groups in total. The molecule has 118 valence electrons. The molecule has 0 bridgehead atoms. The Labute approximate surface area is 138 Å². The summed E-state index contributed by atoms with van der Waals surface area (Å²) in [4.78, 5) is 4.18. The van der Waals surface area contributed by atoms with Gasteiger partial charge in [0.1, 0.15) is 5.76 Å². The standard InChI is InChI=1S/C16H13ClN2O3S/c17-14-7-11(23(20,21)10-2-1-4-18-8-10)6-12-13-9-19-5-3-15(13)22-16(12)14/h1-2,4,6-8,19H,3,5,9H2. The maximum Gasteiger partial charge on any atom is 0.208 e. The Morgan fingerprint density at radius 2 is 2.13 bits per heavy atom. The van der Waals surface area contributed by atoms with E-state index >= 15 is 0 Å². The molecule has 0 unspecified atom stereocenters. The minimum atomic E-state index is -3.67. The number of sulfone groups is 1. The van der Waals surface area contributed by atoms with Gasteiger partial charge >= 0.3 is 0 Å². The number of rotatable bonds is 2. The average Bonchev–Trinajstić information content (AvgIpc) is 2.95. The van der Waals surface area contributed by atoms with E-state index in [4.69, 9.17) is 16.0 Å². The fourth-order valence-corrected chi connectivity index (χ4v) is 4.44. The van der Waals surface area contributed by atoms with Gasteiger partial charge in [-0.2, -0.15) is 0 Å². The van der Waals surface area contributed by atoms with Crippen LogP contribution in [0.1, 0.15) is 11.3 Å². The molecule has 5 nitrogen and oxygen atoms in total. The van der Waals surface area contributed by atoms with Crippen molar-refractivity contribution >= 4 is 32.4 Å². The molecule has 0 aliphatic carbocycles. The quantitative estimate of drug-likeness (QED) is 0.770. The number of nitrogens with one attached hydrogen (secondary N) is 1. The molecular weight excluding hydrogens is 336 g/mol. The van der Waals surface area contributed by atoms with Crippen LogP contribution in [0, 0.1) is 0 Å². The molecular formula is C16H13ClN2O3S. The van der Waals surface area contributed by atoms with E-state index in [9.17, 15) is 8.42 Å². The second-order valence-corrected chi connectivity index (χ2v) is 7.76. The second-order valence-electron chi connectivity index (χ2n) is 5.40. The van der Waals surface area contributed by atoms with Crippen LogP contribution in [0.5, 0.6) is 0 Å². The van der Waals surface area contributed by atoms with Crippen molar-refractivity contribution in [2.24, 2.45) is 0 Å². The van der Waals surface area contributed by atoms with Gasteiger partial charge in [-0.25, -0.2) is 8.42 Å². The number of hydrogen-bond acceptors (Lipinski definition) is 5. The van der Waals surface area contributed by atoms with Crippen molar-refractivity contribution in [1.29, 1.82) is 0 Å². The van der Waals surface area contributed by atoms with Crippen LogP contribution in [0.15, 0.2) is 50.9 Å². The zero-order valence-corrected chi connectivity index (χ0v) is 13.6. The van der Waals surface area contributed by atoms with Gasteiger partial charge in [-0.1, -0.05) is 11.6 Å². The highest BCUT2D eigenvalue weighted by Crippen LogP contribution is 2.36. The summed E-state index contributed by atoms with van der Waals surface area (Å²) in [6.07, 6.45) is 3.64. The minimum absolute atomic E-state index is 0.144. The smallest absolute Gasteiger partial charge is 0.208 e. The van der Waals surface area contributed by atoms with Crippen molar-refractivity contribution in [2.75, 3.05) is 6.54 Å². The SMILES string of the molecule is O=S(=O)(c1cccnc1)c1cc(Cl)c2oc3c(c2c1)CNCC3. The predicted molar refractivity (Wildman–Crippen MR) is 86.3 cm³/mol. The first kappa shape index (κ1) is 14.7. The summed E-state index contributed by atoms with van der Waals surface area (Å²) < 4.78 is 31.4. The van der Waals surface area contributed by atoms with Crippen LogP contribution in [0.4, 0.5) is 0 Å². The first-order valence-electron chi connectivity index (χ1n) is 7.17. The van der Waals surface area contributed by atoms with E-state index in [1.807, 2.05) is 0 Å². The summed E-state index contributed by atoms with van der Waals surface area (Å²) in [7, 11) is -3.67. The Bertz CT molecular complexity index is 997. The molecule has 2 aromatic heterocycles. The normalized spacial score (nSPS) is 14.8. The Morgan fingerprint density at radius 1 is 1.26 bits per heavy atom. The van der Waals surface area contributed by atoms with Crippen LogP contribution in [0.3, 0.4) is 0 Å². The number of pyridine rings is 1. The van der Waals surface area contributed by atoms with Crippen LogP contribution in [-0.2, 0) is 22.8 Å². The van der Waals surface area contributed by atoms with Crippen molar-refractivity contribution in [2.45, 2.75) is 22.8 Å². The van der Waals surface area contributed by atoms with Gasteiger partial charge in [0.2, 0.25) is 9.84 Å². The number of nitrogens with zero attached hydrogens (tertiary/aromatic N) is 1. The van der Waals surface area contributed by atoms with E-state index in [1.54, 1.807) is 12.1 Å². The van der Waals surface area contributed by atoms with E-state index in [2.05, 4.69) is 10.3 Å². The Hall–Kier alpha value is -1.89. The fraction of sp³-hybridized carbons (Fsp3) is 0.188. The summed E-state index contributed by atoms with van der Waals surface area (Å²) in [6, 6.07) is 6.19. The topological polar surface area (TPSA) is 72.2 Å². The predicted octanol–water partition coefficient (Wildman–Crippen LogP) is 2.96. The summed E-state index contributed by atoms with van der Waals surface area (Å²) in [5.41, 5.74) is 1.53. The Balaban J connectivity index is 1.95. The van der Waals surface area contributed by atoms with E-state index in [1.165, 1.54) is 24.5 Å². The molecule has 0 saturated heterocycles. The molecule has 4 rings (SSSR count). The molecule has 0 fully saturated rings. The third kappa shape index (κ3) is 2.34. The molecule has 1 aliphatic rings. The monoisotopic (exact) mass is 348 g/mol. The van der Waals surface area contributed by atoms with E-state index in [0.717, 1.165) is 29.7 Å². The summed E-state index contributed by atoms with van der Waals surface area (Å²) in [5, 5.41) is 4.32. The van der Waals surface area contributed by atoms with Crippen molar-refractivity contribution in [3.63, 3.8) is 0 Å². The van der Waals surface area contributed by atoms with Gasteiger partial charge in [0.15, 0.2) is 5.58 Å².